The summed E-state index contributed by atoms with van der Waals surface area (Å²) in [6, 6.07) is 67.5. The lowest BCUT2D eigenvalue weighted by molar-refractivity contribution is 1.27. The van der Waals surface area contributed by atoms with Crippen LogP contribution in [0.1, 0.15) is 22.3 Å². The van der Waals surface area contributed by atoms with Gasteiger partial charge in [-0.25, -0.2) is 0 Å². The second-order valence-electron chi connectivity index (χ2n) is 15.3. The smallest absolute Gasteiger partial charge is 0.0546 e. The Morgan fingerprint density at radius 2 is 0.571 bits per heavy atom. The third kappa shape index (κ3) is 5.65. The molecule has 0 amide bonds. The lowest BCUT2D eigenvalue weighted by Crippen LogP contribution is -2.13. The third-order valence-electron chi connectivity index (χ3n) is 11.3. The van der Waals surface area contributed by atoms with Crippen LogP contribution >= 0.6 is 0 Å². The molecular formula is C54H42N2. The SMILES string of the molecule is Cc1cc(C)cc(N(c2cccc3ccccc23)c2cc3c4ccccc4c(N(c4cc(C)cc(C)c4)c4cccc5ccccc45)cc3c3ccccc23)c1. The lowest BCUT2D eigenvalue weighted by atomic mass is 9.92. The second-order valence-corrected chi connectivity index (χ2v) is 15.3. The van der Waals surface area contributed by atoms with Crippen LogP contribution in [0, 0.1) is 27.7 Å². The van der Waals surface area contributed by atoms with Gasteiger partial charge in [0.25, 0.3) is 0 Å². The average Bonchev–Trinajstić information content (AvgIpc) is 3.21. The van der Waals surface area contributed by atoms with E-state index in [1.807, 2.05) is 0 Å². The van der Waals surface area contributed by atoms with E-state index >= 15 is 0 Å². The van der Waals surface area contributed by atoms with Crippen molar-refractivity contribution in [2.24, 2.45) is 0 Å². The van der Waals surface area contributed by atoms with E-state index in [0.717, 1.165) is 34.1 Å². The van der Waals surface area contributed by atoms with Crippen molar-refractivity contribution >= 4 is 88.0 Å². The Balaban J connectivity index is 1.33. The normalized spacial score (nSPS) is 11.6. The maximum Gasteiger partial charge on any atom is 0.0546 e. The number of benzene rings is 10. The van der Waals surface area contributed by atoms with E-state index in [9.17, 15) is 0 Å². The standard InChI is InChI=1S/C54H42N2/c1-35-27-36(2)30-41(29-35)55(51-25-13-17-39-15-5-7-19-43(39)51)53-33-49-46-22-10-12-24-48(46)54(34-50(49)45-21-9-11-23-47(45)53)56(42-31-37(3)28-38(4)32-42)52-26-14-18-40-16-6-8-20-44(40)52/h5-34H,1-4H3. The van der Waals surface area contributed by atoms with Gasteiger partial charge in [-0.2, -0.15) is 0 Å². The molecule has 10 aromatic rings. The van der Waals surface area contributed by atoms with Gasteiger partial charge in [-0.1, -0.05) is 133 Å². The minimum atomic E-state index is 1.15. The van der Waals surface area contributed by atoms with Crippen molar-refractivity contribution in [2.45, 2.75) is 27.7 Å². The molecular weight excluding hydrogens is 677 g/mol. The van der Waals surface area contributed by atoms with Gasteiger partial charge >= 0.3 is 0 Å². The van der Waals surface area contributed by atoms with E-state index in [2.05, 4.69) is 219 Å². The highest BCUT2D eigenvalue weighted by atomic mass is 15.2. The highest BCUT2D eigenvalue weighted by Crippen LogP contribution is 2.49. The summed E-state index contributed by atoms with van der Waals surface area (Å²) in [5.41, 5.74) is 11.9. The zero-order valence-corrected chi connectivity index (χ0v) is 32.2. The molecule has 0 aromatic heterocycles. The summed E-state index contributed by atoms with van der Waals surface area (Å²) in [4.78, 5) is 4.98. The molecule has 0 saturated carbocycles. The van der Waals surface area contributed by atoms with Crippen LogP contribution in [0.25, 0.3) is 53.9 Å². The maximum absolute atomic E-state index is 2.49. The molecule has 56 heavy (non-hydrogen) atoms. The number of fused-ring (bicyclic) bond motifs is 7. The molecule has 0 aliphatic carbocycles. The number of aryl methyl sites for hydroxylation is 4. The monoisotopic (exact) mass is 718 g/mol. The van der Waals surface area contributed by atoms with Crippen molar-refractivity contribution < 1.29 is 0 Å². The van der Waals surface area contributed by atoms with Gasteiger partial charge in [0, 0.05) is 32.9 Å². The van der Waals surface area contributed by atoms with E-state index in [0.29, 0.717) is 0 Å². The summed E-state index contributed by atoms with van der Waals surface area (Å²) in [7, 11) is 0. The van der Waals surface area contributed by atoms with Gasteiger partial charge in [0.2, 0.25) is 0 Å². The minimum Gasteiger partial charge on any atom is -0.309 e. The van der Waals surface area contributed by atoms with Crippen LogP contribution < -0.4 is 9.80 Å². The quantitative estimate of drug-likeness (QED) is 0.158. The Labute approximate surface area is 328 Å². The molecule has 0 fully saturated rings. The predicted octanol–water partition coefficient (Wildman–Crippen LogP) is 15.6. The van der Waals surface area contributed by atoms with Gasteiger partial charge in [0.1, 0.15) is 0 Å². The fraction of sp³-hybridized carbons (Fsp3) is 0.0741. The first kappa shape index (κ1) is 33.7. The molecule has 268 valence electrons. The molecule has 0 bridgehead atoms. The Morgan fingerprint density at radius 1 is 0.250 bits per heavy atom. The van der Waals surface area contributed by atoms with Crippen LogP contribution in [0.4, 0.5) is 34.1 Å². The molecule has 0 spiro atoms. The van der Waals surface area contributed by atoms with Crippen LogP contribution in [0.5, 0.6) is 0 Å². The predicted molar refractivity (Wildman–Crippen MR) is 242 cm³/mol. The molecule has 0 heterocycles. The lowest BCUT2D eigenvalue weighted by Gasteiger charge is -2.31. The molecule has 0 atom stereocenters. The van der Waals surface area contributed by atoms with Crippen molar-refractivity contribution in [2.75, 3.05) is 9.80 Å². The van der Waals surface area contributed by atoms with Gasteiger partial charge in [-0.05, 0) is 131 Å². The summed E-state index contributed by atoms with van der Waals surface area (Å²) in [5.74, 6) is 0. The number of hydrogen-bond acceptors (Lipinski definition) is 2. The topological polar surface area (TPSA) is 6.48 Å². The Hall–Kier alpha value is -6.90. The van der Waals surface area contributed by atoms with Crippen molar-refractivity contribution in [3.05, 3.63) is 204 Å². The zero-order valence-electron chi connectivity index (χ0n) is 32.2. The summed E-state index contributed by atoms with van der Waals surface area (Å²) in [6.45, 7) is 8.79. The van der Waals surface area contributed by atoms with Gasteiger partial charge in [-0.15, -0.1) is 0 Å². The van der Waals surface area contributed by atoms with E-state index in [4.69, 9.17) is 0 Å². The van der Waals surface area contributed by atoms with Crippen LogP contribution in [0.2, 0.25) is 0 Å². The molecule has 10 rings (SSSR count). The number of hydrogen-bond donors (Lipinski definition) is 0. The number of anilines is 6. The molecule has 10 aromatic carbocycles. The van der Waals surface area contributed by atoms with Gasteiger partial charge < -0.3 is 9.80 Å². The molecule has 0 aliphatic heterocycles. The van der Waals surface area contributed by atoms with E-state index in [1.54, 1.807) is 0 Å². The Morgan fingerprint density at radius 3 is 0.964 bits per heavy atom. The van der Waals surface area contributed by atoms with Gasteiger partial charge in [0.15, 0.2) is 0 Å². The first-order valence-corrected chi connectivity index (χ1v) is 19.5. The maximum atomic E-state index is 2.49. The molecule has 0 radical (unpaired) electrons. The second kappa shape index (κ2) is 13.4. The van der Waals surface area contributed by atoms with Gasteiger partial charge in [0.05, 0.1) is 22.7 Å². The summed E-state index contributed by atoms with van der Waals surface area (Å²) < 4.78 is 0. The molecule has 0 N–H and O–H groups in total. The molecule has 0 saturated heterocycles. The average molecular weight is 719 g/mol. The van der Waals surface area contributed by atoms with Crippen LogP contribution in [0.15, 0.2) is 182 Å². The largest absolute Gasteiger partial charge is 0.309 e. The van der Waals surface area contributed by atoms with Crippen LogP contribution in [0.3, 0.4) is 0 Å². The van der Waals surface area contributed by atoms with E-state index < -0.39 is 0 Å². The number of rotatable bonds is 6. The Kier molecular flexibility index (Phi) is 8.08. The molecule has 2 heteroatoms. The Bertz CT molecular complexity index is 2890. The fourth-order valence-electron chi connectivity index (χ4n) is 9.06. The molecule has 0 unspecified atom stereocenters. The van der Waals surface area contributed by atoms with Crippen molar-refractivity contribution in [3.8, 4) is 0 Å². The van der Waals surface area contributed by atoms with E-state index in [1.165, 1.54) is 76.1 Å². The fourth-order valence-corrected chi connectivity index (χ4v) is 9.06. The van der Waals surface area contributed by atoms with Crippen LogP contribution in [-0.2, 0) is 0 Å². The first-order valence-electron chi connectivity index (χ1n) is 19.5. The molecule has 2 nitrogen and oxygen atoms in total. The van der Waals surface area contributed by atoms with E-state index in [-0.39, 0.29) is 0 Å². The highest BCUT2D eigenvalue weighted by Gasteiger charge is 2.24. The summed E-state index contributed by atoms with van der Waals surface area (Å²) in [5, 5.41) is 12.2. The highest BCUT2D eigenvalue weighted by molar-refractivity contribution is 6.25. The molecule has 0 aliphatic rings. The summed E-state index contributed by atoms with van der Waals surface area (Å²) >= 11 is 0. The van der Waals surface area contributed by atoms with Crippen molar-refractivity contribution in [3.63, 3.8) is 0 Å². The number of nitrogens with zero attached hydrogens (tertiary/aromatic N) is 2. The first-order chi connectivity index (χ1) is 27.4. The van der Waals surface area contributed by atoms with Gasteiger partial charge in [-0.3, -0.25) is 0 Å². The zero-order chi connectivity index (χ0) is 37.9. The van der Waals surface area contributed by atoms with Crippen LogP contribution in [-0.4, -0.2) is 0 Å². The third-order valence-corrected chi connectivity index (χ3v) is 11.3. The van der Waals surface area contributed by atoms with Crippen molar-refractivity contribution in [1.29, 1.82) is 0 Å². The van der Waals surface area contributed by atoms with Crippen molar-refractivity contribution in [1.82, 2.24) is 0 Å². The minimum absolute atomic E-state index is 1.15. The summed E-state index contributed by atoms with van der Waals surface area (Å²) in [6.07, 6.45) is 0.